The number of carbonyl (C=O) groups excluding carboxylic acids is 1. The number of carbonyl (C=O) groups is 1. The van der Waals surface area contributed by atoms with E-state index >= 15 is 0 Å². The quantitative estimate of drug-likeness (QED) is 0.928. The molecule has 0 radical (unpaired) electrons. The van der Waals surface area contributed by atoms with Crippen LogP contribution >= 0.6 is 11.6 Å². The molecule has 0 unspecified atom stereocenters. The van der Waals surface area contributed by atoms with Gasteiger partial charge in [0.25, 0.3) is 5.91 Å². The van der Waals surface area contributed by atoms with Crippen molar-refractivity contribution in [2.45, 2.75) is 38.1 Å². The van der Waals surface area contributed by atoms with E-state index in [9.17, 15) is 18.0 Å². The normalized spacial score (nSPS) is 20.6. The second kappa shape index (κ2) is 5.84. The number of amides is 1. The zero-order valence-corrected chi connectivity index (χ0v) is 12.3. The number of halogens is 4. The van der Waals surface area contributed by atoms with Crippen molar-refractivity contribution < 1.29 is 22.7 Å². The summed E-state index contributed by atoms with van der Waals surface area (Å²) in [5.74, 6) is -0.700. The van der Waals surface area contributed by atoms with E-state index < -0.39 is 22.8 Å². The van der Waals surface area contributed by atoms with Crippen molar-refractivity contribution in [2.24, 2.45) is 7.05 Å². The molecule has 1 aliphatic rings. The predicted octanol–water partition coefficient (Wildman–Crippen LogP) is 2.39. The fraction of sp³-hybridized carbons (Fsp3) is 0.667. The Kier molecular flexibility index (Phi) is 4.48. The molecular weight excluding hydrogens is 311 g/mol. The molecule has 1 saturated heterocycles. The van der Waals surface area contributed by atoms with Gasteiger partial charge in [-0.05, 0) is 19.8 Å². The van der Waals surface area contributed by atoms with Crippen LogP contribution in [0, 0.1) is 0 Å². The van der Waals surface area contributed by atoms with Crippen LogP contribution < -0.4 is 5.32 Å². The molecule has 1 N–H and O–H groups in total. The van der Waals surface area contributed by atoms with Gasteiger partial charge in [0.2, 0.25) is 0 Å². The molecular formula is C12H15ClF3N3O2. The van der Waals surface area contributed by atoms with Crippen LogP contribution in [0.15, 0.2) is 0 Å². The maximum atomic E-state index is 12.7. The van der Waals surface area contributed by atoms with Crippen LogP contribution in [0.3, 0.4) is 0 Å². The second-order valence-electron chi connectivity index (χ2n) is 4.95. The number of nitrogens with one attached hydrogen (secondary N) is 1. The lowest BCUT2D eigenvalue weighted by molar-refractivity contribution is -0.141. The number of alkyl halides is 3. The zero-order chi connectivity index (χ0) is 15.8. The Morgan fingerprint density at radius 3 is 2.71 bits per heavy atom. The molecule has 9 heteroatoms. The summed E-state index contributed by atoms with van der Waals surface area (Å²) in [4.78, 5) is 12.1. The molecule has 0 saturated carbocycles. The van der Waals surface area contributed by atoms with Gasteiger partial charge in [0, 0.05) is 13.7 Å². The largest absolute Gasteiger partial charge is 0.436 e. The molecule has 21 heavy (non-hydrogen) atoms. The van der Waals surface area contributed by atoms with Crippen molar-refractivity contribution in [3.63, 3.8) is 0 Å². The van der Waals surface area contributed by atoms with Crippen molar-refractivity contribution in [3.8, 4) is 0 Å². The molecule has 1 aromatic heterocycles. The fourth-order valence-electron chi connectivity index (χ4n) is 2.29. The number of rotatable bonds is 3. The summed E-state index contributed by atoms with van der Waals surface area (Å²) in [6.45, 7) is 2.36. The van der Waals surface area contributed by atoms with Crippen LogP contribution in [0.4, 0.5) is 13.2 Å². The first-order valence-electron chi connectivity index (χ1n) is 6.44. The van der Waals surface area contributed by atoms with Gasteiger partial charge in [-0.1, -0.05) is 11.6 Å². The molecule has 2 rings (SSSR count). The number of hydrogen-bond donors (Lipinski definition) is 1. The Morgan fingerprint density at radius 1 is 1.57 bits per heavy atom. The maximum Gasteiger partial charge on any atom is 0.436 e. The van der Waals surface area contributed by atoms with Crippen LogP contribution in [0.5, 0.6) is 0 Å². The van der Waals surface area contributed by atoms with Gasteiger partial charge < -0.3 is 10.1 Å². The van der Waals surface area contributed by atoms with E-state index in [-0.39, 0.29) is 17.8 Å². The molecule has 1 fully saturated rings. The third-order valence-electron chi connectivity index (χ3n) is 3.35. The third-order valence-corrected chi connectivity index (χ3v) is 3.71. The fourth-order valence-corrected chi connectivity index (χ4v) is 2.64. The number of aryl methyl sites for hydroxylation is 1. The van der Waals surface area contributed by atoms with Gasteiger partial charge in [0.1, 0.15) is 10.7 Å². The van der Waals surface area contributed by atoms with Crippen LogP contribution in [0.2, 0.25) is 5.02 Å². The van der Waals surface area contributed by atoms with Crippen LogP contribution in [-0.2, 0) is 18.0 Å². The zero-order valence-electron chi connectivity index (χ0n) is 11.5. The van der Waals surface area contributed by atoms with E-state index in [4.69, 9.17) is 16.3 Å². The highest BCUT2D eigenvalue weighted by atomic mass is 35.5. The van der Waals surface area contributed by atoms with Crippen molar-refractivity contribution in [1.29, 1.82) is 0 Å². The van der Waals surface area contributed by atoms with E-state index in [0.29, 0.717) is 6.61 Å². The van der Waals surface area contributed by atoms with Crippen LogP contribution in [0.1, 0.15) is 35.9 Å². The molecule has 5 nitrogen and oxygen atoms in total. The molecule has 0 aromatic carbocycles. The number of aromatic nitrogens is 2. The van der Waals surface area contributed by atoms with Crippen molar-refractivity contribution >= 4 is 17.5 Å². The van der Waals surface area contributed by atoms with Gasteiger partial charge in [0.05, 0.1) is 12.1 Å². The van der Waals surface area contributed by atoms with E-state index in [2.05, 4.69) is 10.4 Å². The summed E-state index contributed by atoms with van der Waals surface area (Å²) < 4.78 is 44.4. The van der Waals surface area contributed by atoms with E-state index in [1.54, 1.807) is 6.92 Å². The topological polar surface area (TPSA) is 56.2 Å². The number of hydrogen-bond acceptors (Lipinski definition) is 3. The maximum absolute atomic E-state index is 12.7. The molecule has 0 bridgehead atoms. The van der Waals surface area contributed by atoms with E-state index in [0.717, 1.165) is 17.5 Å². The van der Waals surface area contributed by atoms with Gasteiger partial charge in [-0.25, -0.2) is 0 Å². The van der Waals surface area contributed by atoms with Crippen molar-refractivity contribution in [2.75, 3.05) is 6.61 Å². The van der Waals surface area contributed by atoms with E-state index in [1.807, 2.05) is 0 Å². The van der Waals surface area contributed by atoms with Gasteiger partial charge in [0.15, 0.2) is 5.69 Å². The molecule has 1 amide bonds. The Hall–Kier alpha value is -1.28. The summed E-state index contributed by atoms with van der Waals surface area (Å²) in [5, 5.41) is 5.19. The smallest absolute Gasteiger partial charge is 0.376 e. The highest BCUT2D eigenvalue weighted by molar-refractivity contribution is 6.34. The van der Waals surface area contributed by atoms with Gasteiger partial charge in [-0.2, -0.15) is 18.3 Å². The molecule has 1 aromatic rings. The van der Waals surface area contributed by atoms with E-state index in [1.165, 1.54) is 7.05 Å². The summed E-state index contributed by atoms with van der Waals surface area (Å²) >= 11 is 5.66. The average Bonchev–Trinajstić information content (AvgIpc) is 2.96. The van der Waals surface area contributed by atoms with Crippen molar-refractivity contribution in [1.82, 2.24) is 15.1 Å². The Morgan fingerprint density at radius 2 is 2.24 bits per heavy atom. The first-order valence-corrected chi connectivity index (χ1v) is 6.81. The molecule has 2 heterocycles. The predicted molar refractivity (Wildman–Crippen MR) is 69.1 cm³/mol. The minimum atomic E-state index is -4.70. The lowest BCUT2D eigenvalue weighted by Crippen LogP contribution is -2.41. The second-order valence-corrected chi connectivity index (χ2v) is 5.32. The van der Waals surface area contributed by atoms with Crippen molar-refractivity contribution in [3.05, 3.63) is 16.4 Å². The third kappa shape index (κ3) is 3.32. The lowest BCUT2D eigenvalue weighted by Gasteiger charge is -2.20. The first-order chi connectivity index (χ1) is 9.71. The average molecular weight is 326 g/mol. The highest BCUT2D eigenvalue weighted by Crippen LogP contribution is 2.35. The molecule has 2 atom stereocenters. The number of nitrogens with zero attached hydrogens (tertiary/aromatic N) is 2. The minimum Gasteiger partial charge on any atom is -0.376 e. The summed E-state index contributed by atoms with van der Waals surface area (Å²) in [5.41, 5.74) is -1.57. The summed E-state index contributed by atoms with van der Waals surface area (Å²) in [7, 11) is 1.24. The van der Waals surface area contributed by atoms with Crippen LogP contribution in [-0.4, -0.2) is 34.4 Å². The van der Waals surface area contributed by atoms with Gasteiger partial charge in [-0.3, -0.25) is 9.48 Å². The Balaban J connectivity index is 2.17. The summed E-state index contributed by atoms with van der Waals surface area (Å²) in [6.07, 6.45) is -3.14. The van der Waals surface area contributed by atoms with Gasteiger partial charge >= 0.3 is 6.18 Å². The summed E-state index contributed by atoms with van der Waals surface area (Å²) in [6, 6.07) is -0.319. The lowest BCUT2D eigenvalue weighted by atomic mass is 10.1. The SMILES string of the molecule is C[C@@H](NC(=O)c1c(Cl)c(C(F)(F)F)nn1C)[C@H]1CCCO1. The molecule has 118 valence electrons. The minimum absolute atomic E-state index is 0.136. The molecule has 1 aliphatic heterocycles. The number of ether oxygens (including phenoxy) is 1. The highest BCUT2D eigenvalue weighted by Gasteiger charge is 2.40. The van der Waals surface area contributed by atoms with Crippen LogP contribution in [0.25, 0.3) is 0 Å². The Labute approximate surface area is 124 Å². The first kappa shape index (κ1) is 16.1. The standard InChI is InChI=1S/C12H15ClF3N3O2/c1-6(7-4-3-5-21-7)17-11(20)9-8(13)10(12(14,15)16)18-19(9)2/h6-7H,3-5H2,1-2H3,(H,17,20)/t6-,7-/m1/s1. The molecule has 0 aliphatic carbocycles. The van der Waals surface area contributed by atoms with Gasteiger partial charge in [-0.15, -0.1) is 0 Å². The Bertz CT molecular complexity index is 539. The monoisotopic (exact) mass is 325 g/mol. The molecule has 0 spiro atoms.